The molecule has 0 spiro atoms. The summed E-state index contributed by atoms with van der Waals surface area (Å²) in [5.41, 5.74) is 0. The molecule has 52 valence electrons. The van der Waals surface area contributed by atoms with Crippen molar-refractivity contribution in [3.8, 4) is 0 Å². The molecular weight excluding hydrogens is 199 g/mol. The fraction of sp³-hybridized carbons (Fsp3) is 0. The van der Waals surface area contributed by atoms with Gasteiger partial charge in [0.1, 0.15) is 0 Å². The van der Waals surface area contributed by atoms with Gasteiger partial charge < -0.3 is 0 Å². The molecule has 9 heavy (non-hydrogen) atoms. The second-order valence-electron chi connectivity index (χ2n) is 0.989. The Morgan fingerprint density at radius 3 is 1.44 bits per heavy atom. The van der Waals surface area contributed by atoms with Gasteiger partial charge in [0.2, 0.25) is 0 Å². The Bertz CT molecular complexity index is 175. The SMILES string of the molecule is O=[N+]([O-])[As](=O)(O)[N+](=O)[O-]. The Morgan fingerprint density at radius 2 is 1.44 bits per heavy atom. The van der Waals surface area contributed by atoms with E-state index in [1.807, 2.05) is 0 Å². The van der Waals surface area contributed by atoms with E-state index in [-0.39, 0.29) is 0 Å². The van der Waals surface area contributed by atoms with E-state index < -0.39 is 22.0 Å². The van der Waals surface area contributed by atoms with E-state index in [2.05, 4.69) is 0 Å². The molecular formula is HAsN2O6. The van der Waals surface area contributed by atoms with Gasteiger partial charge in [-0.1, -0.05) is 0 Å². The summed E-state index contributed by atoms with van der Waals surface area (Å²) in [6, 6.07) is 0. The van der Waals surface area contributed by atoms with Crippen LogP contribution in [0.25, 0.3) is 0 Å². The van der Waals surface area contributed by atoms with E-state index in [0.717, 1.165) is 0 Å². The Hall–Kier alpha value is -0.882. The molecule has 0 aromatic heterocycles. The number of hydrogen-bond donors (Lipinski definition) is 1. The fourth-order valence-electron chi connectivity index (χ4n) is 0.0596. The van der Waals surface area contributed by atoms with Crippen LogP contribution in [0.4, 0.5) is 0 Å². The van der Waals surface area contributed by atoms with Crippen molar-refractivity contribution in [3.63, 3.8) is 0 Å². The molecule has 0 aromatic carbocycles. The molecule has 0 saturated carbocycles. The zero-order chi connectivity index (χ0) is 7.65. The first-order valence-electron chi connectivity index (χ1n) is 1.51. The van der Waals surface area contributed by atoms with Crippen molar-refractivity contribution >= 4 is 14.3 Å². The summed E-state index contributed by atoms with van der Waals surface area (Å²) < 4.78 is 14.2. The van der Waals surface area contributed by atoms with Crippen LogP contribution in [-0.2, 0) is 3.74 Å². The summed E-state index contributed by atoms with van der Waals surface area (Å²) >= 11 is -5.99. The van der Waals surface area contributed by atoms with Crippen LogP contribution in [-0.4, -0.2) is 26.1 Å². The Morgan fingerprint density at radius 1 is 1.22 bits per heavy atom. The van der Waals surface area contributed by atoms with Gasteiger partial charge in [0.25, 0.3) is 0 Å². The van der Waals surface area contributed by atoms with Crippen LogP contribution < -0.4 is 0 Å². The van der Waals surface area contributed by atoms with E-state index in [4.69, 9.17) is 4.10 Å². The zero-order valence-corrected chi connectivity index (χ0v) is 5.71. The molecule has 9 heteroatoms. The summed E-state index contributed by atoms with van der Waals surface area (Å²) in [5, 5.41) is 18.7. The first-order valence-corrected chi connectivity index (χ1v) is 4.80. The van der Waals surface area contributed by atoms with Gasteiger partial charge in [-0.15, -0.1) is 0 Å². The van der Waals surface area contributed by atoms with Crippen LogP contribution in [0.3, 0.4) is 0 Å². The van der Waals surface area contributed by atoms with E-state index in [1.54, 1.807) is 0 Å². The molecule has 0 amide bonds. The summed E-state index contributed by atoms with van der Waals surface area (Å²) in [6.45, 7) is 0. The van der Waals surface area contributed by atoms with Crippen molar-refractivity contribution in [2.75, 3.05) is 0 Å². The van der Waals surface area contributed by atoms with Crippen molar-refractivity contribution in [1.82, 2.24) is 0 Å². The third-order valence-corrected chi connectivity index (χ3v) is 2.21. The minimum absolute atomic E-state index is 1.77. The predicted molar refractivity (Wildman–Crippen MR) is 22.6 cm³/mol. The molecule has 0 radical (unpaired) electrons. The molecule has 0 aliphatic rings. The molecule has 1 N–H and O–H groups in total. The minimum atomic E-state index is -5.99. The summed E-state index contributed by atoms with van der Waals surface area (Å²) in [5.74, 6) is 0. The van der Waals surface area contributed by atoms with Crippen molar-refractivity contribution in [1.29, 1.82) is 0 Å². The number of nitrogens with zero attached hydrogens (tertiary/aromatic N) is 2. The van der Waals surface area contributed by atoms with Gasteiger partial charge in [0.15, 0.2) is 0 Å². The van der Waals surface area contributed by atoms with Gasteiger partial charge >= 0.3 is 50.0 Å². The molecule has 0 atom stereocenters. The van der Waals surface area contributed by atoms with E-state index in [0.29, 0.717) is 0 Å². The van der Waals surface area contributed by atoms with Gasteiger partial charge in [0.05, 0.1) is 0 Å². The molecule has 0 aliphatic heterocycles. The fourth-order valence-corrected chi connectivity index (χ4v) is 0.310. The average Bonchev–Trinajstić information content (AvgIpc) is 1.65. The van der Waals surface area contributed by atoms with Crippen LogP contribution in [0.2, 0.25) is 0 Å². The Kier molecular flexibility index (Phi) is 1.94. The molecule has 0 heterocycles. The van der Waals surface area contributed by atoms with Crippen molar-refractivity contribution in [3.05, 3.63) is 20.2 Å². The number of rotatable bonds is 2. The molecule has 0 rings (SSSR count). The third kappa shape index (κ3) is 1.51. The van der Waals surface area contributed by atoms with Crippen molar-refractivity contribution in [2.24, 2.45) is 0 Å². The maximum absolute atomic E-state index is 9.83. The third-order valence-electron chi connectivity index (χ3n) is 0.425. The average molecular weight is 200 g/mol. The monoisotopic (exact) mass is 200 g/mol. The molecule has 0 aromatic rings. The van der Waals surface area contributed by atoms with Crippen LogP contribution in [0.15, 0.2) is 0 Å². The summed E-state index contributed by atoms with van der Waals surface area (Å²) in [7, 11) is 0. The zero-order valence-electron chi connectivity index (χ0n) is 3.83. The molecule has 0 bridgehead atoms. The predicted octanol–water partition coefficient (Wildman–Crippen LogP) is -1.60. The molecule has 0 unspecified atom stereocenters. The van der Waals surface area contributed by atoms with Gasteiger partial charge in [-0.25, -0.2) is 0 Å². The quantitative estimate of drug-likeness (QED) is 0.325. The molecule has 0 saturated heterocycles. The van der Waals surface area contributed by atoms with Crippen molar-refractivity contribution in [2.45, 2.75) is 0 Å². The number of nitro groups is 2. The maximum atomic E-state index is 9.83. The van der Waals surface area contributed by atoms with Gasteiger partial charge in [0, 0.05) is 0 Å². The topological polar surface area (TPSA) is 124 Å². The molecule has 8 nitrogen and oxygen atoms in total. The normalized spacial score (nSPS) is 10.8. The van der Waals surface area contributed by atoms with Crippen molar-refractivity contribution < 1.29 is 15.5 Å². The standard InChI is InChI=1S/AsHN2O6/c4-1(5,2(6)7)3(8)9/h(H,4,5). The summed E-state index contributed by atoms with van der Waals surface area (Å²) in [4.78, 5) is 18.7. The Labute approximate surface area is 50.9 Å². The second-order valence-corrected chi connectivity index (χ2v) is 4.51. The van der Waals surface area contributed by atoms with Gasteiger partial charge in [-0.2, -0.15) is 0 Å². The van der Waals surface area contributed by atoms with Gasteiger partial charge in [-0.05, 0) is 0 Å². The second kappa shape index (κ2) is 2.16. The van der Waals surface area contributed by atoms with Gasteiger partial charge in [-0.3, -0.25) is 0 Å². The van der Waals surface area contributed by atoms with E-state index >= 15 is 0 Å². The first kappa shape index (κ1) is 8.12. The first-order chi connectivity index (χ1) is 3.89. The van der Waals surface area contributed by atoms with E-state index in [9.17, 15) is 24.0 Å². The van der Waals surface area contributed by atoms with Crippen LogP contribution in [0, 0.1) is 20.2 Å². The number of hydrogen-bond acceptors (Lipinski definition) is 5. The van der Waals surface area contributed by atoms with Crippen LogP contribution in [0.1, 0.15) is 0 Å². The van der Waals surface area contributed by atoms with Crippen LogP contribution >= 0.6 is 0 Å². The summed E-state index contributed by atoms with van der Waals surface area (Å²) in [6.07, 6.45) is 0. The Balaban J connectivity index is 4.61. The van der Waals surface area contributed by atoms with Crippen LogP contribution in [0.5, 0.6) is 0 Å². The molecule has 0 aliphatic carbocycles. The molecule has 0 fully saturated rings. The van der Waals surface area contributed by atoms with E-state index in [1.165, 1.54) is 0 Å².